The van der Waals surface area contributed by atoms with Gasteiger partial charge in [-0.05, 0) is 32.4 Å². The summed E-state index contributed by atoms with van der Waals surface area (Å²) >= 11 is 0. The monoisotopic (exact) mass is 478 g/mol. The van der Waals surface area contributed by atoms with Gasteiger partial charge in [0.2, 0.25) is 5.76 Å². The van der Waals surface area contributed by atoms with Crippen molar-refractivity contribution in [1.29, 1.82) is 0 Å². The molecule has 0 atom stereocenters. The van der Waals surface area contributed by atoms with Crippen LogP contribution in [0.4, 0.5) is 0 Å². The molecule has 10 nitrogen and oxygen atoms in total. The average Bonchev–Trinajstić information content (AvgIpc) is 3.48. The highest BCUT2D eigenvalue weighted by Crippen LogP contribution is 2.23. The number of imidazole rings is 1. The molecular weight excluding hydrogens is 452 g/mol. The number of aryl methyl sites for hydroxylation is 2. The number of carbonyl (C=O) groups excluding carboxylic acids is 2. The lowest BCUT2D eigenvalue weighted by Crippen LogP contribution is -2.31. The van der Waals surface area contributed by atoms with Gasteiger partial charge in [0.05, 0.1) is 0 Å². The Hall–Kier alpha value is -4.21. The van der Waals surface area contributed by atoms with E-state index >= 15 is 0 Å². The summed E-state index contributed by atoms with van der Waals surface area (Å²) in [4.78, 5) is 55.7. The standard InChI is InChI=1S/C25H26N4O6/c1-4-6-13-29-22-21(23(31)27-25(29)33)28(5-2)20(26-22)14-34-24(32)19-12-11-18(35-19)17-9-7-16(8-10-17)15(3)30/h7-12H,4-6,13-14H2,1-3H3,(H,27,31,33). The second-order valence-corrected chi connectivity index (χ2v) is 8.08. The van der Waals surface area contributed by atoms with E-state index < -0.39 is 17.2 Å². The minimum atomic E-state index is -0.691. The molecule has 0 aliphatic heterocycles. The number of fused-ring (bicyclic) bond motifs is 1. The van der Waals surface area contributed by atoms with Crippen molar-refractivity contribution >= 4 is 22.9 Å². The van der Waals surface area contributed by atoms with Gasteiger partial charge in [-0.1, -0.05) is 37.6 Å². The van der Waals surface area contributed by atoms with E-state index in [2.05, 4.69) is 9.97 Å². The third-order valence-electron chi connectivity index (χ3n) is 5.73. The van der Waals surface area contributed by atoms with Gasteiger partial charge in [-0.2, -0.15) is 0 Å². The largest absolute Gasteiger partial charge is 0.452 e. The molecule has 35 heavy (non-hydrogen) atoms. The van der Waals surface area contributed by atoms with Gasteiger partial charge in [0.25, 0.3) is 5.56 Å². The van der Waals surface area contributed by atoms with Crippen LogP contribution in [0.15, 0.2) is 50.4 Å². The maximum absolute atomic E-state index is 12.6. The molecule has 182 valence electrons. The van der Waals surface area contributed by atoms with Crippen LogP contribution >= 0.6 is 0 Å². The van der Waals surface area contributed by atoms with Gasteiger partial charge in [-0.15, -0.1) is 0 Å². The zero-order valence-electron chi connectivity index (χ0n) is 19.8. The van der Waals surface area contributed by atoms with Crippen LogP contribution in [0.5, 0.6) is 0 Å². The second kappa shape index (κ2) is 9.96. The third kappa shape index (κ3) is 4.72. The number of ketones is 1. The lowest BCUT2D eigenvalue weighted by Gasteiger charge is -2.06. The number of rotatable bonds is 9. The Morgan fingerprint density at radius 1 is 1.06 bits per heavy atom. The van der Waals surface area contributed by atoms with Crippen LogP contribution in [-0.4, -0.2) is 30.9 Å². The predicted octanol–water partition coefficient (Wildman–Crippen LogP) is 3.53. The summed E-state index contributed by atoms with van der Waals surface area (Å²) in [5, 5.41) is 0. The minimum absolute atomic E-state index is 0.00695. The van der Waals surface area contributed by atoms with Gasteiger partial charge in [0.15, 0.2) is 16.9 Å². The number of nitrogens with zero attached hydrogens (tertiary/aromatic N) is 3. The van der Waals surface area contributed by atoms with Crippen molar-refractivity contribution in [2.75, 3.05) is 0 Å². The van der Waals surface area contributed by atoms with Gasteiger partial charge < -0.3 is 13.7 Å². The smallest absolute Gasteiger partial charge is 0.374 e. The molecule has 1 aromatic carbocycles. The summed E-state index contributed by atoms with van der Waals surface area (Å²) in [5.41, 5.74) is 0.789. The molecule has 4 aromatic rings. The first-order valence-electron chi connectivity index (χ1n) is 11.4. The fourth-order valence-electron chi connectivity index (χ4n) is 3.87. The second-order valence-electron chi connectivity index (χ2n) is 8.08. The molecule has 3 heterocycles. The molecule has 0 bridgehead atoms. The van der Waals surface area contributed by atoms with Crippen LogP contribution in [0.3, 0.4) is 0 Å². The molecule has 0 saturated carbocycles. The maximum Gasteiger partial charge on any atom is 0.374 e. The van der Waals surface area contributed by atoms with Crippen molar-refractivity contribution in [2.24, 2.45) is 0 Å². The molecule has 10 heteroatoms. The summed E-state index contributed by atoms with van der Waals surface area (Å²) in [5.74, 6) is 0.0851. The van der Waals surface area contributed by atoms with Crippen LogP contribution in [0.1, 0.15) is 60.4 Å². The Bertz CT molecular complexity index is 1500. The van der Waals surface area contributed by atoms with E-state index in [0.717, 1.165) is 12.8 Å². The Labute approximate surface area is 200 Å². The van der Waals surface area contributed by atoms with E-state index in [1.165, 1.54) is 17.6 Å². The van der Waals surface area contributed by atoms with Crippen LogP contribution in [0, 0.1) is 0 Å². The van der Waals surface area contributed by atoms with Crippen molar-refractivity contribution in [2.45, 2.75) is 53.3 Å². The topological polar surface area (TPSA) is 129 Å². The van der Waals surface area contributed by atoms with E-state index in [1.54, 1.807) is 34.9 Å². The highest BCUT2D eigenvalue weighted by atomic mass is 16.5. The first kappa shape index (κ1) is 23.9. The number of nitrogens with one attached hydrogen (secondary N) is 1. The van der Waals surface area contributed by atoms with Crippen LogP contribution in [0.25, 0.3) is 22.5 Å². The fourth-order valence-corrected chi connectivity index (χ4v) is 3.87. The fraction of sp³-hybridized carbons (Fsp3) is 0.320. The molecule has 0 saturated heterocycles. The van der Waals surface area contributed by atoms with Crippen LogP contribution in [-0.2, 0) is 24.4 Å². The molecule has 1 N–H and O–H groups in total. The Kier molecular flexibility index (Phi) is 6.81. The number of carbonyl (C=O) groups is 2. The summed E-state index contributed by atoms with van der Waals surface area (Å²) in [7, 11) is 0. The number of Topliss-reactive ketones (excluding diaryl/α,β-unsaturated/α-hetero) is 1. The van der Waals surface area contributed by atoms with Gasteiger partial charge in [-0.25, -0.2) is 14.6 Å². The van der Waals surface area contributed by atoms with Crippen molar-refractivity contribution < 1.29 is 18.7 Å². The normalized spacial score (nSPS) is 11.2. The number of hydrogen-bond donors (Lipinski definition) is 1. The minimum Gasteiger partial charge on any atom is -0.452 e. The van der Waals surface area contributed by atoms with Crippen molar-refractivity contribution in [3.8, 4) is 11.3 Å². The first-order valence-corrected chi connectivity index (χ1v) is 11.4. The van der Waals surface area contributed by atoms with Crippen molar-refractivity contribution in [1.82, 2.24) is 19.1 Å². The molecule has 0 unspecified atom stereocenters. The van der Waals surface area contributed by atoms with Crippen molar-refractivity contribution in [3.05, 3.63) is 74.4 Å². The first-order chi connectivity index (χ1) is 16.8. The molecule has 0 amide bonds. The summed E-state index contributed by atoms with van der Waals surface area (Å²) in [6.07, 6.45) is 1.63. The molecule has 0 aliphatic carbocycles. The van der Waals surface area contributed by atoms with E-state index in [1.807, 2.05) is 13.8 Å². The Balaban J connectivity index is 1.56. The lowest BCUT2D eigenvalue weighted by atomic mass is 10.1. The highest BCUT2D eigenvalue weighted by Gasteiger charge is 2.20. The predicted molar refractivity (Wildman–Crippen MR) is 128 cm³/mol. The number of aromatic nitrogens is 4. The molecular formula is C25H26N4O6. The lowest BCUT2D eigenvalue weighted by molar-refractivity contribution is 0.0423. The van der Waals surface area contributed by atoms with E-state index in [9.17, 15) is 19.2 Å². The summed E-state index contributed by atoms with van der Waals surface area (Å²) < 4.78 is 14.1. The number of benzene rings is 1. The average molecular weight is 479 g/mol. The number of unbranched alkanes of at least 4 members (excludes halogenated alkanes) is 1. The van der Waals surface area contributed by atoms with E-state index in [4.69, 9.17) is 9.15 Å². The van der Waals surface area contributed by atoms with Gasteiger partial charge >= 0.3 is 11.7 Å². The Morgan fingerprint density at radius 2 is 1.80 bits per heavy atom. The van der Waals surface area contributed by atoms with Gasteiger partial charge in [0.1, 0.15) is 18.2 Å². The molecule has 0 spiro atoms. The van der Waals surface area contributed by atoms with Gasteiger partial charge in [-0.3, -0.25) is 19.1 Å². The van der Waals surface area contributed by atoms with Crippen molar-refractivity contribution in [3.63, 3.8) is 0 Å². The van der Waals surface area contributed by atoms with Gasteiger partial charge in [0, 0.05) is 24.2 Å². The number of esters is 1. The number of aromatic amines is 1. The summed E-state index contributed by atoms with van der Waals surface area (Å²) in [6, 6.07) is 10.0. The van der Waals surface area contributed by atoms with E-state index in [-0.39, 0.29) is 29.3 Å². The highest BCUT2D eigenvalue weighted by molar-refractivity contribution is 5.94. The zero-order chi connectivity index (χ0) is 25.1. The number of furan rings is 1. The van der Waals surface area contributed by atoms with Crippen LogP contribution < -0.4 is 11.2 Å². The third-order valence-corrected chi connectivity index (χ3v) is 5.73. The quantitative estimate of drug-likeness (QED) is 0.288. The molecule has 4 rings (SSSR count). The molecule has 0 fully saturated rings. The summed E-state index contributed by atoms with van der Waals surface area (Å²) in [6.45, 7) is 5.95. The maximum atomic E-state index is 12.6. The number of hydrogen-bond acceptors (Lipinski definition) is 7. The molecule has 0 radical (unpaired) electrons. The zero-order valence-corrected chi connectivity index (χ0v) is 19.8. The molecule has 3 aromatic heterocycles. The number of ether oxygens (including phenoxy) is 1. The van der Waals surface area contributed by atoms with E-state index in [0.29, 0.717) is 35.8 Å². The van der Waals surface area contributed by atoms with Crippen LogP contribution in [0.2, 0.25) is 0 Å². The Morgan fingerprint density at radius 3 is 2.46 bits per heavy atom. The molecule has 0 aliphatic rings. The SMILES string of the molecule is CCCCn1c(=O)[nH]c(=O)c2c1nc(COC(=O)c1ccc(-c3ccc(C(C)=O)cc3)o1)n2CC. The number of H-pyrrole nitrogens is 1.